The zero-order valence-electron chi connectivity index (χ0n) is 15.7. The van der Waals surface area contributed by atoms with E-state index in [1.807, 2.05) is 31.2 Å². The third kappa shape index (κ3) is 3.96. The number of aromatic nitrogens is 4. The van der Waals surface area contributed by atoms with Gasteiger partial charge < -0.3 is 14.4 Å². The van der Waals surface area contributed by atoms with Gasteiger partial charge in [-0.2, -0.15) is 10.1 Å². The molecular weight excluding hydrogens is 364 g/mol. The molecule has 2 heterocycles. The molecule has 28 heavy (non-hydrogen) atoms. The second kappa shape index (κ2) is 8.53. The number of nitrogens with zero attached hydrogens (tertiary/aromatic N) is 4. The molecule has 0 unspecified atom stereocenters. The summed E-state index contributed by atoms with van der Waals surface area (Å²) in [5.74, 6) is 1.03. The lowest BCUT2D eigenvalue weighted by molar-refractivity contribution is 0.278. The van der Waals surface area contributed by atoms with Gasteiger partial charge in [-0.25, -0.2) is 10.2 Å². The summed E-state index contributed by atoms with van der Waals surface area (Å²) in [5, 5.41) is 13.5. The van der Waals surface area contributed by atoms with Crippen molar-refractivity contribution in [2.24, 2.45) is 12.1 Å². The molecule has 2 aromatic heterocycles. The molecule has 0 bridgehead atoms. The summed E-state index contributed by atoms with van der Waals surface area (Å²) >= 11 is 0. The first-order valence-electron chi connectivity index (χ1n) is 8.87. The zero-order chi connectivity index (χ0) is 20.1. The van der Waals surface area contributed by atoms with Gasteiger partial charge in [0.25, 0.3) is 5.56 Å². The molecule has 0 amide bonds. The van der Waals surface area contributed by atoms with Gasteiger partial charge in [0.05, 0.1) is 19.4 Å². The largest absolute Gasteiger partial charge is 0.494 e. The summed E-state index contributed by atoms with van der Waals surface area (Å²) in [6.45, 7) is 2.63. The number of hydrazone groups is 1. The van der Waals surface area contributed by atoms with E-state index in [0.717, 1.165) is 17.7 Å². The fraction of sp³-hybridized carbons (Fsp3) is 0.333. The van der Waals surface area contributed by atoms with Gasteiger partial charge in [-0.15, -0.1) is 0 Å². The number of hydrogen-bond donors (Lipinski definition) is 3. The highest BCUT2D eigenvalue weighted by Crippen LogP contribution is 2.15. The average molecular weight is 386 g/mol. The number of nitrogens with one attached hydrogen (secondary N) is 2. The molecule has 0 radical (unpaired) electrons. The van der Waals surface area contributed by atoms with Crippen molar-refractivity contribution in [2.45, 2.75) is 19.9 Å². The van der Waals surface area contributed by atoms with Crippen molar-refractivity contribution in [3.05, 3.63) is 50.7 Å². The van der Waals surface area contributed by atoms with Crippen molar-refractivity contribution < 1.29 is 9.84 Å². The van der Waals surface area contributed by atoms with Crippen LogP contribution in [-0.4, -0.2) is 43.6 Å². The number of aryl methyl sites for hydroxylation is 1. The van der Waals surface area contributed by atoms with Gasteiger partial charge >= 0.3 is 5.69 Å². The molecule has 0 fully saturated rings. The number of H-pyrrole nitrogens is 1. The third-order valence-electron chi connectivity index (χ3n) is 4.06. The maximum absolute atomic E-state index is 12.2. The molecule has 148 valence electrons. The van der Waals surface area contributed by atoms with Crippen LogP contribution < -0.4 is 21.4 Å². The summed E-state index contributed by atoms with van der Waals surface area (Å²) in [6, 6.07) is 7.43. The highest BCUT2D eigenvalue weighted by Gasteiger charge is 2.16. The molecule has 0 saturated heterocycles. The Morgan fingerprint density at radius 3 is 2.75 bits per heavy atom. The van der Waals surface area contributed by atoms with Crippen molar-refractivity contribution in [1.29, 1.82) is 0 Å². The van der Waals surface area contributed by atoms with E-state index in [2.05, 4.69) is 20.5 Å². The van der Waals surface area contributed by atoms with Gasteiger partial charge in [0.15, 0.2) is 11.2 Å². The number of benzene rings is 1. The predicted molar refractivity (Wildman–Crippen MR) is 106 cm³/mol. The smallest absolute Gasteiger partial charge is 0.329 e. The Bertz CT molecular complexity index is 1090. The molecular formula is C18H22N6O4. The summed E-state index contributed by atoms with van der Waals surface area (Å²) in [5.41, 5.74) is 2.87. The van der Waals surface area contributed by atoms with E-state index in [1.54, 1.807) is 6.21 Å². The normalized spacial score (nSPS) is 11.4. The molecule has 0 saturated carbocycles. The molecule has 10 nitrogen and oxygen atoms in total. The molecule has 3 aromatic rings. The fourth-order valence-corrected chi connectivity index (χ4v) is 2.67. The summed E-state index contributed by atoms with van der Waals surface area (Å²) in [4.78, 5) is 30.5. The Kier molecular flexibility index (Phi) is 5.90. The van der Waals surface area contributed by atoms with E-state index < -0.39 is 11.2 Å². The predicted octanol–water partition coefficient (Wildman–Crippen LogP) is 0.650. The lowest BCUT2D eigenvalue weighted by atomic mass is 10.2. The molecule has 0 atom stereocenters. The van der Waals surface area contributed by atoms with E-state index in [4.69, 9.17) is 4.74 Å². The number of rotatable bonds is 8. The molecule has 10 heteroatoms. The minimum Gasteiger partial charge on any atom is -0.494 e. The number of ether oxygens (including phenoxy) is 1. The number of aromatic amines is 1. The van der Waals surface area contributed by atoms with Gasteiger partial charge in [0.2, 0.25) is 5.95 Å². The first-order valence-corrected chi connectivity index (χ1v) is 8.87. The van der Waals surface area contributed by atoms with Crippen molar-refractivity contribution >= 4 is 23.3 Å². The quantitative estimate of drug-likeness (QED) is 0.385. The standard InChI is InChI=1S/C18H22N6O4/c1-3-10-28-13-6-4-12(5-7-13)11-19-22-17-20-15-14(24(17)8-9-25)16(26)21-18(27)23(15)2/h4-7,11,25H,3,8-10H2,1-2H3,(H,20,22)(H,21,26,27)/b19-11+. The van der Waals surface area contributed by atoms with Crippen LogP contribution in [0.2, 0.25) is 0 Å². The molecule has 0 aliphatic heterocycles. The lowest BCUT2D eigenvalue weighted by Crippen LogP contribution is -2.29. The van der Waals surface area contributed by atoms with Crippen molar-refractivity contribution in [2.75, 3.05) is 18.6 Å². The number of anilines is 1. The van der Waals surface area contributed by atoms with Gasteiger partial charge in [0, 0.05) is 13.6 Å². The lowest BCUT2D eigenvalue weighted by Gasteiger charge is -2.06. The number of imidazole rings is 1. The highest BCUT2D eigenvalue weighted by molar-refractivity contribution is 5.80. The highest BCUT2D eigenvalue weighted by atomic mass is 16.5. The SMILES string of the molecule is CCCOc1ccc(/C=N/Nc2nc3c(c(=O)[nH]c(=O)n3C)n2CCO)cc1. The van der Waals surface area contributed by atoms with Crippen LogP contribution in [0.4, 0.5) is 5.95 Å². The van der Waals surface area contributed by atoms with Gasteiger partial charge in [0.1, 0.15) is 5.75 Å². The Morgan fingerprint density at radius 2 is 2.07 bits per heavy atom. The van der Waals surface area contributed by atoms with Crippen LogP contribution >= 0.6 is 0 Å². The first kappa shape index (κ1) is 19.4. The molecule has 0 aliphatic rings. The van der Waals surface area contributed by atoms with Crippen LogP contribution in [0.1, 0.15) is 18.9 Å². The minimum atomic E-state index is -0.571. The Balaban J connectivity index is 1.85. The molecule has 0 aliphatic carbocycles. The van der Waals surface area contributed by atoms with E-state index in [1.165, 1.54) is 16.2 Å². The van der Waals surface area contributed by atoms with Gasteiger partial charge in [-0.05, 0) is 36.2 Å². The van der Waals surface area contributed by atoms with Crippen LogP contribution in [0.25, 0.3) is 11.2 Å². The third-order valence-corrected chi connectivity index (χ3v) is 4.06. The van der Waals surface area contributed by atoms with E-state index in [-0.39, 0.29) is 30.3 Å². The number of aliphatic hydroxyl groups excluding tert-OH is 1. The van der Waals surface area contributed by atoms with Crippen LogP contribution in [0.3, 0.4) is 0 Å². The summed E-state index contributed by atoms with van der Waals surface area (Å²) in [6.07, 6.45) is 2.53. The van der Waals surface area contributed by atoms with Crippen LogP contribution in [0, 0.1) is 0 Å². The van der Waals surface area contributed by atoms with Crippen molar-refractivity contribution in [3.63, 3.8) is 0 Å². The fourth-order valence-electron chi connectivity index (χ4n) is 2.67. The minimum absolute atomic E-state index is 0.124. The number of aliphatic hydroxyl groups is 1. The Hall–Kier alpha value is -3.40. The Morgan fingerprint density at radius 1 is 1.32 bits per heavy atom. The monoisotopic (exact) mass is 386 g/mol. The summed E-state index contributed by atoms with van der Waals surface area (Å²) in [7, 11) is 1.51. The topological polar surface area (TPSA) is 127 Å². The van der Waals surface area contributed by atoms with E-state index >= 15 is 0 Å². The second-order valence-electron chi connectivity index (χ2n) is 6.09. The summed E-state index contributed by atoms with van der Waals surface area (Å²) < 4.78 is 8.24. The van der Waals surface area contributed by atoms with Crippen molar-refractivity contribution in [1.82, 2.24) is 19.1 Å². The number of fused-ring (bicyclic) bond motifs is 1. The number of hydrogen-bond acceptors (Lipinski definition) is 7. The molecule has 3 rings (SSSR count). The maximum Gasteiger partial charge on any atom is 0.329 e. The van der Waals surface area contributed by atoms with Crippen LogP contribution in [-0.2, 0) is 13.6 Å². The van der Waals surface area contributed by atoms with Crippen LogP contribution in [0.5, 0.6) is 5.75 Å². The van der Waals surface area contributed by atoms with Gasteiger partial charge in [-0.3, -0.25) is 14.3 Å². The molecule has 1 aromatic carbocycles. The zero-order valence-corrected chi connectivity index (χ0v) is 15.7. The van der Waals surface area contributed by atoms with Crippen molar-refractivity contribution in [3.8, 4) is 5.75 Å². The molecule has 0 spiro atoms. The first-order chi connectivity index (χ1) is 13.5. The van der Waals surface area contributed by atoms with Crippen LogP contribution in [0.15, 0.2) is 39.0 Å². The second-order valence-corrected chi connectivity index (χ2v) is 6.09. The average Bonchev–Trinajstić information content (AvgIpc) is 3.05. The maximum atomic E-state index is 12.2. The van der Waals surface area contributed by atoms with Gasteiger partial charge in [-0.1, -0.05) is 6.92 Å². The Labute approximate surface area is 160 Å². The molecule has 3 N–H and O–H groups in total. The van der Waals surface area contributed by atoms with E-state index in [0.29, 0.717) is 6.61 Å². The van der Waals surface area contributed by atoms with E-state index in [9.17, 15) is 14.7 Å².